The molecule has 0 amide bonds. The van der Waals surface area contributed by atoms with E-state index in [4.69, 9.17) is 0 Å². The van der Waals surface area contributed by atoms with Crippen LogP contribution >= 0.6 is 0 Å². The summed E-state index contributed by atoms with van der Waals surface area (Å²) in [7, 11) is 0. The summed E-state index contributed by atoms with van der Waals surface area (Å²) in [6.07, 6.45) is -11.9. The molecular formula is C13H18F8O2. The summed E-state index contributed by atoms with van der Waals surface area (Å²) in [5.41, 5.74) is -4.28. The molecule has 10 heteroatoms. The van der Waals surface area contributed by atoms with E-state index in [1.165, 1.54) is 0 Å². The third kappa shape index (κ3) is 2.52. The molecule has 0 aliphatic carbocycles. The van der Waals surface area contributed by atoms with E-state index in [-0.39, 0.29) is 0 Å². The number of rotatable bonds is 1. The summed E-state index contributed by atoms with van der Waals surface area (Å²) in [4.78, 5) is 0. The van der Waals surface area contributed by atoms with Crippen LogP contribution in [0.3, 0.4) is 0 Å². The molecule has 23 heavy (non-hydrogen) atoms. The zero-order valence-corrected chi connectivity index (χ0v) is 13.3. The Kier molecular flexibility index (Phi) is 4.18. The van der Waals surface area contributed by atoms with E-state index in [2.05, 4.69) is 9.47 Å². The highest BCUT2D eigenvalue weighted by Gasteiger charge is 2.88. The first-order chi connectivity index (χ1) is 9.66. The van der Waals surface area contributed by atoms with E-state index in [0.717, 1.165) is 41.5 Å². The standard InChI is InChI=1S/C13H18F8O2/c1-7(2,3)9(14,15)11(8(4,5)6)22-10(16,12(17,18)19)13(20,21)23-11/h1-6H3. The normalized spacial score (nSPS) is 33.1. The van der Waals surface area contributed by atoms with Gasteiger partial charge in [-0.3, -0.25) is 9.47 Å². The van der Waals surface area contributed by atoms with Crippen LogP contribution in [0.25, 0.3) is 0 Å². The van der Waals surface area contributed by atoms with Gasteiger partial charge in [0, 0.05) is 10.8 Å². The molecule has 1 saturated heterocycles. The summed E-state index contributed by atoms with van der Waals surface area (Å²) in [6.45, 7) is 5.34. The molecule has 0 spiro atoms. The maximum absolute atomic E-state index is 14.7. The predicted molar refractivity (Wildman–Crippen MR) is 63.6 cm³/mol. The van der Waals surface area contributed by atoms with Gasteiger partial charge >= 0.3 is 24.1 Å². The lowest BCUT2D eigenvalue weighted by Gasteiger charge is -2.49. The van der Waals surface area contributed by atoms with Crippen molar-refractivity contribution < 1.29 is 44.6 Å². The van der Waals surface area contributed by atoms with Gasteiger partial charge in [0.25, 0.3) is 0 Å². The van der Waals surface area contributed by atoms with E-state index in [0.29, 0.717) is 0 Å². The van der Waals surface area contributed by atoms with Crippen LogP contribution < -0.4 is 0 Å². The minimum absolute atomic E-state index is 0.886. The lowest BCUT2D eigenvalue weighted by molar-refractivity contribution is -0.410. The SMILES string of the molecule is CC(C)(C)C(F)(F)C1(C(C)(C)C)OC(F)(F)C(F)(C(F)(F)F)O1. The molecule has 2 atom stereocenters. The van der Waals surface area contributed by atoms with Gasteiger partial charge in [-0.25, -0.2) is 8.78 Å². The number of ether oxygens (including phenoxy) is 2. The van der Waals surface area contributed by atoms with Crippen molar-refractivity contribution in [3.8, 4) is 0 Å². The van der Waals surface area contributed by atoms with Gasteiger partial charge in [0.1, 0.15) is 0 Å². The monoisotopic (exact) mass is 358 g/mol. The highest BCUT2D eigenvalue weighted by Crippen LogP contribution is 2.65. The van der Waals surface area contributed by atoms with Gasteiger partial charge in [-0.1, -0.05) is 41.5 Å². The molecule has 2 nitrogen and oxygen atoms in total. The molecule has 1 aliphatic rings. The van der Waals surface area contributed by atoms with Crippen molar-refractivity contribution in [1.29, 1.82) is 0 Å². The third-order valence-electron chi connectivity index (χ3n) is 3.64. The van der Waals surface area contributed by atoms with Crippen molar-refractivity contribution in [3.63, 3.8) is 0 Å². The van der Waals surface area contributed by atoms with E-state index < -0.39 is 40.7 Å². The second-order valence-corrected chi connectivity index (χ2v) is 7.50. The Labute approximate surface area is 128 Å². The number of hydrogen-bond donors (Lipinski definition) is 0. The van der Waals surface area contributed by atoms with Crippen LogP contribution in [0.2, 0.25) is 0 Å². The van der Waals surface area contributed by atoms with Gasteiger partial charge < -0.3 is 0 Å². The van der Waals surface area contributed by atoms with Crippen LogP contribution in [0.5, 0.6) is 0 Å². The minimum Gasteiger partial charge on any atom is -0.292 e. The van der Waals surface area contributed by atoms with Crippen LogP contribution in [0.4, 0.5) is 35.1 Å². The Bertz CT molecular complexity index is 474. The molecule has 0 bridgehead atoms. The smallest absolute Gasteiger partial charge is 0.292 e. The van der Waals surface area contributed by atoms with Gasteiger partial charge in [-0.15, -0.1) is 0 Å². The molecule has 1 fully saturated rings. The Morgan fingerprint density at radius 1 is 0.696 bits per heavy atom. The van der Waals surface area contributed by atoms with Crippen LogP contribution in [-0.2, 0) is 9.47 Å². The Hall–Kier alpha value is -0.640. The number of halogens is 8. The second-order valence-electron chi connectivity index (χ2n) is 7.50. The molecule has 0 radical (unpaired) electrons. The third-order valence-corrected chi connectivity index (χ3v) is 3.64. The first-order valence-electron chi connectivity index (χ1n) is 6.58. The molecule has 138 valence electrons. The molecule has 0 aromatic carbocycles. The number of hydrogen-bond acceptors (Lipinski definition) is 2. The molecule has 1 aliphatic heterocycles. The van der Waals surface area contributed by atoms with E-state index >= 15 is 0 Å². The van der Waals surface area contributed by atoms with Crippen LogP contribution in [0.1, 0.15) is 41.5 Å². The molecule has 1 heterocycles. The zero-order chi connectivity index (χ0) is 18.9. The Morgan fingerprint density at radius 2 is 1.09 bits per heavy atom. The van der Waals surface area contributed by atoms with Crippen LogP contribution in [0, 0.1) is 10.8 Å². The van der Waals surface area contributed by atoms with Gasteiger partial charge in [-0.2, -0.15) is 26.3 Å². The van der Waals surface area contributed by atoms with Gasteiger partial charge in [0.15, 0.2) is 0 Å². The van der Waals surface area contributed by atoms with Crippen molar-refractivity contribution in [3.05, 3.63) is 0 Å². The number of alkyl halides is 8. The first-order valence-corrected chi connectivity index (χ1v) is 6.58. The Balaban J connectivity index is 3.69. The fourth-order valence-corrected chi connectivity index (χ4v) is 2.15. The summed E-state index contributed by atoms with van der Waals surface area (Å²) < 4.78 is 117. The molecule has 1 rings (SSSR count). The first kappa shape index (κ1) is 20.4. The minimum atomic E-state index is -6.28. The maximum Gasteiger partial charge on any atom is 0.458 e. The van der Waals surface area contributed by atoms with Crippen LogP contribution in [0.15, 0.2) is 0 Å². The van der Waals surface area contributed by atoms with Gasteiger partial charge in [-0.05, 0) is 0 Å². The fourth-order valence-electron chi connectivity index (χ4n) is 2.15. The molecule has 0 saturated carbocycles. The highest BCUT2D eigenvalue weighted by atomic mass is 19.4. The van der Waals surface area contributed by atoms with E-state index in [1.54, 1.807) is 0 Å². The topological polar surface area (TPSA) is 18.5 Å². The van der Waals surface area contributed by atoms with Crippen molar-refractivity contribution in [1.82, 2.24) is 0 Å². The molecule has 0 aromatic heterocycles. The zero-order valence-electron chi connectivity index (χ0n) is 13.3. The fraction of sp³-hybridized carbons (Fsp3) is 1.00. The Morgan fingerprint density at radius 3 is 1.30 bits per heavy atom. The van der Waals surface area contributed by atoms with E-state index in [9.17, 15) is 35.1 Å². The summed E-state index contributed by atoms with van der Waals surface area (Å²) in [6, 6.07) is 0. The molecule has 0 N–H and O–H groups in total. The quantitative estimate of drug-likeness (QED) is 0.594. The van der Waals surface area contributed by atoms with E-state index in [1.807, 2.05) is 0 Å². The molecular weight excluding hydrogens is 340 g/mol. The largest absolute Gasteiger partial charge is 0.458 e. The average molecular weight is 358 g/mol. The highest BCUT2D eigenvalue weighted by molar-refractivity contribution is 5.09. The maximum atomic E-state index is 14.7. The predicted octanol–water partition coefficient (Wildman–Crippen LogP) is 5.28. The lowest BCUT2D eigenvalue weighted by atomic mass is 9.72. The van der Waals surface area contributed by atoms with Crippen LogP contribution in [-0.4, -0.2) is 29.8 Å². The van der Waals surface area contributed by atoms with Gasteiger partial charge in [0.2, 0.25) is 5.79 Å². The average Bonchev–Trinajstić information content (AvgIpc) is 2.45. The lowest BCUT2D eigenvalue weighted by Crippen LogP contribution is -2.64. The van der Waals surface area contributed by atoms with Gasteiger partial charge in [0.05, 0.1) is 0 Å². The molecule has 2 unspecified atom stereocenters. The van der Waals surface area contributed by atoms with Crippen molar-refractivity contribution >= 4 is 0 Å². The van der Waals surface area contributed by atoms with Crippen molar-refractivity contribution in [2.24, 2.45) is 10.8 Å². The summed E-state index contributed by atoms with van der Waals surface area (Å²) in [5.74, 6) is -13.9. The summed E-state index contributed by atoms with van der Waals surface area (Å²) >= 11 is 0. The summed E-state index contributed by atoms with van der Waals surface area (Å²) in [5, 5.41) is 0. The molecule has 0 aromatic rings. The van der Waals surface area contributed by atoms with Crippen molar-refractivity contribution in [2.45, 2.75) is 71.4 Å². The second kappa shape index (κ2) is 4.71. The van der Waals surface area contributed by atoms with Crippen molar-refractivity contribution in [2.75, 3.05) is 0 Å².